The molecule has 0 radical (unpaired) electrons. The molecule has 0 saturated heterocycles. The van der Waals surface area contributed by atoms with Crippen molar-refractivity contribution in [1.82, 2.24) is 0 Å². The zero-order valence-corrected chi connectivity index (χ0v) is 19.0. The van der Waals surface area contributed by atoms with Crippen LogP contribution in [0.2, 0.25) is 0 Å². The van der Waals surface area contributed by atoms with E-state index in [1.807, 2.05) is 98.8 Å². The van der Waals surface area contributed by atoms with Crippen molar-refractivity contribution in [2.75, 3.05) is 24.7 Å². The molecule has 0 amide bonds. The highest BCUT2D eigenvalue weighted by Gasteiger charge is 2.03. The van der Waals surface area contributed by atoms with Crippen molar-refractivity contribution in [3.8, 4) is 34.1 Å². The van der Waals surface area contributed by atoms with Gasteiger partial charge in [-0.15, -0.1) is 0 Å². The van der Waals surface area contributed by atoms with Crippen LogP contribution in [0.4, 0.5) is 11.4 Å². The Hall–Kier alpha value is -3.96. The number of hydrogen-bond donors (Lipinski definition) is 2. The van der Waals surface area contributed by atoms with Gasteiger partial charge in [-0.1, -0.05) is 36.4 Å². The van der Waals surface area contributed by atoms with Gasteiger partial charge < -0.3 is 25.7 Å². The van der Waals surface area contributed by atoms with Gasteiger partial charge in [0.05, 0.1) is 0 Å². The largest absolute Gasteiger partial charge is 0.457 e. The monoisotopic (exact) mass is 442 g/mol. The number of benzene rings is 4. The minimum atomic E-state index is 0.676. The molecule has 33 heavy (non-hydrogen) atoms. The molecular formula is C28H30N2O3. The van der Waals surface area contributed by atoms with E-state index >= 15 is 0 Å². The van der Waals surface area contributed by atoms with Crippen LogP contribution in [0.5, 0.6) is 23.0 Å². The maximum atomic E-state index is 5.83. The molecular weight excluding hydrogens is 412 g/mol. The smallest absolute Gasteiger partial charge is 0.129 e. The molecule has 0 aliphatic rings. The molecule has 170 valence electrons. The van der Waals surface area contributed by atoms with E-state index in [1.54, 1.807) is 12.1 Å². The third-order valence-electron chi connectivity index (χ3n) is 4.64. The lowest BCUT2D eigenvalue weighted by Crippen LogP contribution is -1.88. The molecule has 0 bridgehead atoms. The minimum absolute atomic E-state index is 0.676. The average Bonchev–Trinajstić information content (AvgIpc) is 2.81. The fourth-order valence-corrected chi connectivity index (χ4v) is 3.06. The van der Waals surface area contributed by atoms with Gasteiger partial charge in [-0.25, -0.2) is 0 Å². The summed E-state index contributed by atoms with van der Waals surface area (Å²) in [6, 6.07) is 30.6. The Kier molecular flexibility index (Phi) is 8.74. The molecule has 5 heteroatoms. The lowest BCUT2D eigenvalue weighted by Gasteiger charge is -2.09. The Balaban J connectivity index is 0.000000555. The van der Waals surface area contributed by atoms with Crippen LogP contribution in [-0.2, 0) is 4.74 Å². The summed E-state index contributed by atoms with van der Waals surface area (Å²) in [6.45, 7) is 5.67. The summed E-state index contributed by atoms with van der Waals surface area (Å²) in [5.74, 6) is 2.96. The molecule has 0 spiro atoms. The number of anilines is 2. The molecule has 4 rings (SSSR count). The first kappa shape index (κ1) is 23.7. The van der Waals surface area contributed by atoms with Crippen molar-refractivity contribution >= 4 is 11.4 Å². The van der Waals surface area contributed by atoms with Crippen molar-refractivity contribution < 1.29 is 14.2 Å². The highest BCUT2D eigenvalue weighted by Crippen LogP contribution is 2.29. The summed E-state index contributed by atoms with van der Waals surface area (Å²) in [5.41, 5.74) is 15.1. The lowest BCUT2D eigenvalue weighted by molar-refractivity contribution is 0.162. The molecule has 0 unspecified atom stereocenters. The summed E-state index contributed by atoms with van der Waals surface area (Å²) in [4.78, 5) is 0. The fourth-order valence-electron chi connectivity index (χ4n) is 3.06. The van der Waals surface area contributed by atoms with Crippen LogP contribution < -0.4 is 20.9 Å². The summed E-state index contributed by atoms with van der Waals surface area (Å²) in [6.07, 6.45) is 0. The van der Waals surface area contributed by atoms with Gasteiger partial charge in [-0.2, -0.15) is 0 Å². The van der Waals surface area contributed by atoms with E-state index < -0.39 is 0 Å². The maximum absolute atomic E-state index is 5.83. The van der Waals surface area contributed by atoms with E-state index in [4.69, 9.17) is 25.7 Å². The first-order valence-electron chi connectivity index (χ1n) is 10.9. The Morgan fingerprint density at radius 1 is 0.515 bits per heavy atom. The fraction of sp³-hybridized carbons (Fsp3) is 0.143. The van der Waals surface area contributed by atoms with Crippen LogP contribution in [-0.4, -0.2) is 13.2 Å². The Bertz CT molecular complexity index is 1040. The van der Waals surface area contributed by atoms with Gasteiger partial charge in [-0.05, 0) is 73.5 Å². The quantitative estimate of drug-likeness (QED) is 0.297. The highest BCUT2D eigenvalue weighted by molar-refractivity contribution is 5.65. The van der Waals surface area contributed by atoms with Gasteiger partial charge in [-0.3, -0.25) is 0 Å². The first-order valence-corrected chi connectivity index (χ1v) is 10.9. The minimum Gasteiger partial charge on any atom is -0.457 e. The second-order valence-electron chi connectivity index (χ2n) is 7.18. The maximum Gasteiger partial charge on any atom is 0.129 e. The number of nitrogen functional groups attached to an aromatic ring is 2. The topological polar surface area (TPSA) is 79.7 Å². The summed E-state index contributed by atoms with van der Waals surface area (Å²) >= 11 is 0. The zero-order chi connectivity index (χ0) is 23.5. The van der Waals surface area contributed by atoms with Gasteiger partial charge in [0.2, 0.25) is 0 Å². The summed E-state index contributed by atoms with van der Waals surface area (Å²) in [7, 11) is 0. The predicted octanol–water partition coefficient (Wildman–Crippen LogP) is 7.15. The van der Waals surface area contributed by atoms with Gasteiger partial charge in [0, 0.05) is 36.7 Å². The first-order chi connectivity index (χ1) is 16.1. The van der Waals surface area contributed by atoms with Crippen molar-refractivity contribution in [2.45, 2.75) is 13.8 Å². The van der Waals surface area contributed by atoms with Crippen LogP contribution in [0, 0.1) is 0 Å². The van der Waals surface area contributed by atoms with Crippen molar-refractivity contribution in [1.29, 1.82) is 0 Å². The Morgan fingerprint density at radius 2 is 0.909 bits per heavy atom. The average molecular weight is 443 g/mol. The standard InChI is InChI=1S/C24H20N2O2.C4H10O/c25-19-3-1-5-23(15-19)27-21-11-7-17(8-12-21)18-9-13-22(14-10-18)28-24-6-2-4-20(26)16-24;1-3-5-4-2/h1-16H,25-26H2;3-4H2,1-2H3. The van der Waals surface area contributed by atoms with Gasteiger partial charge in [0.1, 0.15) is 23.0 Å². The molecule has 4 aromatic carbocycles. The lowest BCUT2D eigenvalue weighted by atomic mass is 10.1. The van der Waals surface area contributed by atoms with Crippen LogP contribution in [0.1, 0.15) is 13.8 Å². The highest BCUT2D eigenvalue weighted by atomic mass is 16.5. The zero-order valence-electron chi connectivity index (χ0n) is 19.0. The van der Waals surface area contributed by atoms with Gasteiger partial charge in [0.25, 0.3) is 0 Å². The van der Waals surface area contributed by atoms with Gasteiger partial charge in [0.15, 0.2) is 0 Å². The molecule has 0 fully saturated rings. The van der Waals surface area contributed by atoms with E-state index in [0.29, 0.717) is 11.4 Å². The van der Waals surface area contributed by atoms with E-state index in [9.17, 15) is 0 Å². The number of ether oxygens (including phenoxy) is 3. The third kappa shape index (κ3) is 7.59. The summed E-state index contributed by atoms with van der Waals surface area (Å²) in [5, 5.41) is 0. The Morgan fingerprint density at radius 3 is 1.21 bits per heavy atom. The molecule has 4 aromatic rings. The van der Waals surface area contributed by atoms with E-state index in [-0.39, 0.29) is 0 Å². The molecule has 0 aliphatic heterocycles. The van der Waals surface area contributed by atoms with Crippen LogP contribution in [0.3, 0.4) is 0 Å². The molecule has 4 N–H and O–H groups in total. The van der Waals surface area contributed by atoms with Crippen LogP contribution in [0.15, 0.2) is 97.1 Å². The number of hydrogen-bond acceptors (Lipinski definition) is 5. The van der Waals surface area contributed by atoms with E-state index in [2.05, 4.69) is 0 Å². The summed E-state index contributed by atoms with van der Waals surface area (Å²) < 4.78 is 16.5. The normalized spacial score (nSPS) is 10.1. The van der Waals surface area contributed by atoms with Crippen molar-refractivity contribution in [3.63, 3.8) is 0 Å². The molecule has 0 heterocycles. The van der Waals surface area contributed by atoms with Gasteiger partial charge >= 0.3 is 0 Å². The van der Waals surface area contributed by atoms with E-state index in [0.717, 1.165) is 47.3 Å². The molecule has 5 nitrogen and oxygen atoms in total. The SMILES string of the molecule is CCOCC.Nc1cccc(Oc2ccc(-c3ccc(Oc4cccc(N)c4)cc3)cc2)c1. The predicted molar refractivity (Wildman–Crippen MR) is 136 cm³/mol. The van der Waals surface area contributed by atoms with Crippen LogP contribution in [0.25, 0.3) is 11.1 Å². The molecule has 0 aliphatic carbocycles. The second-order valence-corrected chi connectivity index (χ2v) is 7.18. The van der Waals surface area contributed by atoms with Crippen molar-refractivity contribution in [2.24, 2.45) is 0 Å². The Labute approximate surface area is 195 Å². The van der Waals surface area contributed by atoms with Crippen LogP contribution >= 0.6 is 0 Å². The third-order valence-corrected chi connectivity index (χ3v) is 4.64. The number of nitrogens with two attached hydrogens (primary N) is 2. The second kappa shape index (κ2) is 12.2. The number of rotatable bonds is 7. The molecule has 0 atom stereocenters. The van der Waals surface area contributed by atoms with E-state index in [1.165, 1.54) is 0 Å². The van der Waals surface area contributed by atoms with Crippen molar-refractivity contribution in [3.05, 3.63) is 97.1 Å². The molecule has 0 aromatic heterocycles. The molecule has 0 saturated carbocycles.